The highest BCUT2D eigenvalue weighted by atomic mass is 16.5. The average molecular weight is 287 g/mol. The van der Waals surface area contributed by atoms with Crippen molar-refractivity contribution in [2.24, 2.45) is 0 Å². The lowest BCUT2D eigenvalue weighted by atomic mass is 9.83. The smallest absolute Gasteiger partial charge is 0.0849 e. The minimum absolute atomic E-state index is 0.0436. The molecule has 1 aromatic carbocycles. The van der Waals surface area contributed by atoms with Crippen molar-refractivity contribution < 1.29 is 4.74 Å². The Hall–Kier alpha value is -0.860. The molecule has 0 amide bonds. The molecule has 1 aliphatic carbocycles. The third kappa shape index (κ3) is 3.17. The average Bonchev–Trinajstić information content (AvgIpc) is 2.95. The molecule has 2 aliphatic rings. The van der Waals surface area contributed by atoms with Crippen molar-refractivity contribution in [3.63, 3.8) is 0 Å². The molecule has 2 heteroatoms. The summed E-state index contributed by atoms with van der Waals surface area (Å²) in [5, 5.41) is 3.75. The van der Waals surface area contributed by atoms with E-state index in [0.717, 1.165) is 26.0 Å². The summed E-state index contributed by atoms with van der Waals surface area (Å²) in [5.41, 5.74) is 4.52. The van der Waals surface area contributed by atoms with Gasteiger partial charge in [0.25, 0.3) is 0 Å². The number of aryl methyl sites for hydroxylation is 2. The summed E-state index contributed by atoms with van der Waals surface area (Å²) in [6.45, 7) is 6.48. The van der Waals surface area contributed by atoms with E-state index in [1.807, 2.05) is 0 Å². The third-order valence-electron chi connectivity index (χ3n) is 5.16. The minimum Gasteiger partial charge on any atom is -0.373 e. The van der Waals surface area contributed by atoms with Crippen molar-refractivity contribution in [3.05, 3.63) is 34.9 Å². The summed E-state index contributed by atoms with van der Waals surface area (Å²) >= 11 is 0. The number of nitrogens with one attached hydrogen (secondary N) is 1. The summed E-state index contributed by atoms with van der Waals surface area (Å²) in [6.07, 6.45) is 8.72. The van der Waals surface area contributed by atoms with Gasteiger partial charge in [-0.2, -0.15) is 0 Å². The van der Waals surface area contributed by atoms with Gasteiger partial charge in [-0.3, -0.25) is 0 Å². The first-order valence-corrected chi connectivity index (χ1v) is 8.72. The fraction of sp³-hybridized carbons (Fsp3) is 0.684. The molecule has 0 saturated carbocycles. The zero-order valence-electron chi connectivity index (χ0n) is 13.6. The lowest BCUT2D eigenvalue weighted by molar-refractivity contribution is -0.0124. The number of hydrogen-bond donors (Lipinski definition) is 1. The first-order chi connectivity index (χ1) is 10.2. The van der Waals surface area contributed by atoms with Gasteiger partial charge in [-0.1, -0.05) is 25.1 Å². The normalized spacial score (nSPS) is 26.6. The Morgan fingerprint density at radius 2 is 2.00 bits per heavy atom. The summed E-state index contributed by atoms with van der Waals surface area (Å²) < 4.78 is 6.14. The van der Waals surface area contributed by atoms with Crippen molar-refractivity contribution in [1.29, 1.82) is 0 Å². The largest absolute Gasteiger partial charge is 0.373 e. The number of benzene rings is 1. The van der Waals surface area contributed by atoms with Crippen molar-refractivity contribution >= 4 is 0 Å². The summed E-state index contributed by atoms with van der Waals surface area (Å²) in [7, 11) is 0. The molecular weight excluding hydrogens is 258 g/mol. The van der Waals surface area contributed by atoms with E-state index >= 15 is 0 Å². The van der Waals surface area contributed by atoms with Crippen LogP contribution in [-0.2, 0) is 17.6 Å². The Labute approximate surface area is 129 Å². The number of ether oxygens (including phenoxy) is 1. The second kappa shape index (κ2) is 6.50. The van der Waals surface area contributed by atoms with Crippen LogP contribution in [0.25, 0.3) is 0 Å². The molecule has 0 bridgehead atoms. The first kappa shape index (κ1) is 15.1. The molecule has 1 aromatic rings. The van der Waals surface area contributed by atoms with Gasteiger partial charge >= 0.3 is 0 Å². The predicted octanol–water partition coefficient (Wildman–Crippen LogP) is 4.18. The molecule has 3 rings (SSSR count). The van der Waals surface area contributed by atoms with Gasteiger partial charge in [0, 0.05) is 6.61 Å². The minimum atomic E-state index is -0.0436. The van der Waals surface area contributed by atoms with Crippen LogP contribution in [0.3, 0.4) is 0 Å². The highest BCUT2D eigenvalue weighted by Crippen LogP contribution is 2.38. The highest BCUT2D eigenvalue weighted by Gasteiger charge is 2.39. The molecule has 0 aromatic heterocycles. The Bertz CT molecular complexity index is 476. The maximum Gasteiger partial charge on any atom is 0.0849 e. The Morgan fingerprint density at radius 3 is 2.71 bits per heavy atom. The van der Waals surface area contributed by atoms with Gasteiger partial charge < -0.3 is 10.1 Å². The van der Waals surface area contributed by atoms with Crippen LogP contribution in [0.2, 0.25) is 0 Å². The van der Waals surface area contributed by atoms with Crippen molar-refractivity contribution in [1.82, 2.24) is 5.32 Å². The molecular formula is C19H29NO. The maximum absolute atomic E-state index is 6.14. The molecule has 2 unspecified atom stereocenters. The number of rotatable bonds is 5. The summed E-state index contributed by atoms with van der Waals surface area (Å²) in [5.74, 6) is 0. The Morgan fingerprint density at radius 1 is 1.19 bits per heavy atom. The fourth-order valence-corrected chi connectivity index (χ4v) is 3.94. The lowest BCUT2D eigenvalue weighted by Crippen LogP contribution is -2.41. The van der Waals surface area contributed by atoms with Gasteiger partial charge in [0.05, 0.1) is 11.6 Å². The van der Waals surface area contributed by atoms with Crippen LogP contribution in [0.15, 0.2) is 18.2 Å². The van der Waals surface area contributed by atoms with Gasteiger partial charge in [-0.05, 0) is 75.1 Å². The quantitative estimate of drug-likeness (QED) is 0.877. The second-order valence-corrected chi connectivity index (χ2v) is 6.89. The lowest BCUT2D eigenvalue weighted by Gasteiger charge is -2.35. The maximum atomic E-state index is 6.14. The second-order valence-electron chi connectivity index (χ2n) is 6.89. The van der Waals surface area contributed by atoms with E-state index < -0.39 is 0 Å². The van der Waals surface area contributed by atoms with Crippen LogP contribution in [0.5, 0.6) is 0 Å². The van der Waals surface area contributed by atoms with Crippen molar-refractivity contribution in [2.45, 2.75) is 70.4 Å². The van der Waals surface area contributed by atoms with Crippen LogP contribution in [0.4, 0.5) is 0 Å². The van der Waals surface area contributed by atoms with Crippen molar-refractivity contribution in [2.75, 3.05) is 13.2 Å². The van der Waals surface area contributed by atoms with E-state index in [1.54, 1.807) is 11.1 Å². The Balaban J connectivity index is 1.88. The molecule has 1 saturated heterocycles. The van der Waals surface area contributed by atoms with Gasteiger partial charge in [0.1, 0.15) is 0 Å². The van der Waals surface area contributed by atoms with Crippen LogP contribution in [0.1, 0.15) is 68.7 Å². The zero-order chi connectivity index (χ0) is 14.7. The van der Waals surface area contributed by atoms with Crippen LogP contribution >= 0.6 is 0 Å². The molecule has 2 atom stereocenters. The molecule has 1 N–H and O–H groups in total. The molecule has 21 heavy (non-hydrogen) atoms. The van der Waals surface area contributed by atoms with E-state index in [4.69, 9.17) is 4.74 Å². The van der Waals surface area contributed by atoms with Gasteiger partial charge in [-0.25, -0.2) is 0 Å². The number of fused-ring (bicyclic) bond motifs is 1. The molecule has 1 heterocycles. The third-order valence-corrected chi connectivity index (χ3v) is 5.16. The van der Waals surface area contributed by atoms with Crippen LogP contribution in [-0.4, -0.2) is 18.8 Å². The topological polar surface area (TPSA) is 21.3 Å². The molecule has 0 radical (unpaired) electrons. The van der Waals surface area contributed by atoms with E-state index in [2.05, 4.69) is 37.4 Å². The zero-order valence-corrected chi connectivity index (χ0v) is 13.6. The van der Waals surface area contributed by atoms with Gasteiger partial charge in [0.2, 0.25) is 0 Å². The van der Waals surface area contributed by atoms with E-state index in [-0.39, 0.29) is 5.60 Å². The predicted molar refractivity (Wildman–Crippen MR) is 87.7 cm³/mol. The van der Waals surface area contributed by atoms with Crippen LogP contribution in [0, 0.1) is 0 Å². The monoisotopic (exact) mass is 287 g/mol. The van der Waals surface area contributed by atoms with Gasteiger partial charge in [0.15, 0.2) is 0 Å². The van der Waals surface area contributed by atoms with Crippen molar-refractivity contribution in [3.8, 4) is 0 Å². The van der Waals surface area contributed by atoms with Gasteiger partial charge in [-0.15, -0.1) is 0 Å². The SMILES string of the molecule is CCCNC(c1ccc2c(c1)CCCC2)C1(C)CCCO1. The Kier molecular flexibility index (Phi) is 4.66. The van der Waals surface area contributed by atoms with E-state index in [1.165, 1.54) is 37.7 Å². The summed E-state index contributed by atoms with van der Waals surface area (Å²) in [4.78, 5) is 0. The molecule has 2 nitrogen and oxygen atoms in total. The van der Waals surface area contributed by atoms with Crippen LogP contribution < -0.4 is 5.32 Å². The molecule has 116 valence electrons. The standard InChI is InChI=1S/C19H29NO/c1-3-12-20-18(19(2)11-6-13-21-19)17-10-9-15-7-4-5-8-16(15)14-17/h9-10,14,18,20H,3-8,11-13H2,1-2H3. The van der Waals surface area contributed by atoms with E-state index in [9.17, 15) is 0 Å². The van der Waals surface area contributed by atoms with E-state index in [0.29, 0.717) is 6.04 Å². The molecule has 1 fully saturated rings. The summed E-state index contributed by atoms with van der Waals surface area (Å²) in [6, 6.07) is 7.48. The number of hydrogen-bond acceptors (Lipinski definition) is 2. The highest BCUT2D eigenvalue weighted by molar-refractivity contribution is 5.36. The fourth-order valence-electron chi connectivity index (χ4n) is 3.94. The molecule has 1 aliphatic heterocycles. The molecule has 0 spiro atoms. The first-order valence-electron chi connectivity index (χ1n) is 8.72.